The monoisotopic (exact) mass is 510 g/mol. The fourth-order valence-electron chi connectivity index (χ4n) is 3.72. The number of carbonyl (C=O) groups excluding carboxylic acids is 1. The number of aromatic nitrogens is 3. The highest BCUT2D eigenvalue weighted by Crippen LogP contribution is 2.30. The Labute approximate surface area is 211 Å². The van der Waals surface area contributed by atoms with E-state index in [0.29, 0.717) is 16.7 Å². The molecule has 1 heterocycles. The highest BCUT2D eigenvalue weighted by atomic mass is 32.2. The Bertz CT molecular complexity index is 1370. The Morgan fingerprint density at radius 1 is 0.972 bits per heavy atom. The lowest BCUT2D eigenvalue weighted by molar-refractivity contribution is -0.137. The number of alkyl halides is 3. The summed E-state index contributed by atoms with van der Waals surface area (Å²) in [4.78, 5) is 12.8. The molecule has 1 aromatic heterocycles. The summed E-state index contributed by atoms with van der Waals surface area (Å²) in [6.07, 6.45) is -4.53. The second-order valence-electron chi connectivity index (χ2n) is 8.56. The Kier molecular flexibility index (Phi) is 7.49. The highest BCUT2D eigenvalue weighted by molar-refractivity contribution is 7.98. The molecule has 1 unspecified atom stereocenters. The molecule has 9 heteroatoms. The highest BCUT2D eigenvalue weighted by Gasteiger charge is 2.31. The van der Waals surface area contributed by atoms with Gasteiger partial charge in [-0.2, -0.15) is 13.2 Å². The maximum atomic E-state index is 13.1. The third-order valence-corrected chi connectivity index (χ3v) is 6.59. The average Bonchev–Trinajstić information content (AvgIpc) is 3.27. The minimum atomic E-state index is -4.53. The van der Waals surface area contributed by atoms with Gasteiger partial charge in [0.25, 0.3) is 5.91 Å². The van der Waals surface area contributed by atoms with Crippen LogP contribution >= 0.6 is 11.8 Å². The molecule has 1 atom stereocenters. The van der Waals surface area contributed by atoms with Crippen molar-refractivity contribution in [2.45, 2.75) is 43.9 Å². The van der Waals surface area contributed by atoms with Gasteiger partial charge in [-0.25, -0.2) is 0 Å². The van der Waals surface area contributed by atoms with Crippen molar-refractivity contribution in [2.24, 2.45) is 0 Å². The molecule has 0 spiro atoms. The molecule has 0 fully saturated rings. The van der Waals surface area contributed by atoms with Crippen LogP contribution in [-0.2, 0) is 11.9 Å². The number of hydrogen-bond donors (Lipinski definition) is 1. The van der Waals surface area contributed by atoms with Crippen molar-refractivity contribution >= 4 is 17.7 Å². The second kappa shape index (κ2) is 10.6. The largest absolute Gasteiger partial charge is 0.416 e. The van der Waals surface area contributed by atoms with Crippen LogP contribution in [0.15, 0.2) is 78.0 Å². The number of thioether (sulfide) groups is 1. The zero-order chi connectivity index (χ0) is 25.9. The van der Waals surface area contributed by atoms with E-state index < -0.39 is 23.7 Å². The molecule has 36 heavy (non-hydrogen) atoms. The van der Waals surface area contributed by atoms with Crippen LogP contribution in [0.4, 0.5) is 13.2 Å². The smallest absolute Gasteiger partial charge is 0.342 e. The number of aryl methyl sites for hydroxylation is 2. The molecule has 1 N–H and O–H groups in total. The minimum absolute atomic E-state index is 0.0767. The van der Waals surface area contributed by atoms with E-state index in [1.165, 1.54) is 29.5 Å². The molecule has 0 bridgehead atoms. The van der Waals surface area contributed by atoms with Crippen LogP contribution in [0, 0.1) is 13.8 Å². The van der Waals surface area contributed by atoms with Gasteiger partial charge in [-0.1, -0.05) is 65.4 Å². The minimum Gasteiger partial charge on any atom is -0.342 e. The van der Waals surface area contributed by atoms with Gasteiger partial charge in [-0.3, -0.25) is 9.36 Å². The van der Waals surface area contributed by atoms with Crippen LogP contribution in [0.25, 0.3) is 5.69 Å². The van der Waals surface area contributed by atoms with Gasteiger partial charge in [0.15, 0.2) is 11.0 Å². The number of halogens is 3. The van der Waals surface area contributed by atoms with Crippen molar-refractivity contribution in [2.75, 3.05) is 0 Å². The first-order chi connectivity index (χ1) is 17.1. The number of hydrogen-bond acceptors (Lipinski definition) is 4. The normalized spacial score (nSPS) is 12.4. The Balaban J connectivity index is 1.61. The Hall–Kier alpha value is -3.59. The van der Waals surface area contributed by atoms with E-state index in [4.69, 9.17) is 0 Å². The second-order valence-corrected chi connectivity index (χ2v) is 9.51. The van der Waals surface area contributed by atoms with Gasteiger partial charge in [0.1, 0.15) is 0 Å². The van der Waals surface area contributed by atoms with Crippen LogP contribution in [0.2, 0.25) is 0 Å². The molecule has 186 valence electrons. The summed E-state index contributed by atoms with van der Waals surface area (Å²) < 4.78 is 41.1. The van der Waals surface area contributed by atoms with Gasteiger partial charge in [0.2, 0.25) is 0 Å². The third kappa shape index (κ3) is 5.96. The molecule has 5 nitrogen and oxygen atoms in total. The summed E-state index contributed by atoms with van der Waals surface area (Å²) in [5, 5.41) is 12.1. The van der Waals surface area contributed by atoms with E-state index in [1.54, 1.807) is 6.92 Å². The number of nitrogens with zero attached hydrogens (tertiary/aromatic N) is 3. The molecule has 0 aliphatic carbocycles. The van der Waals surface area contributed by atoms with Gasteiger partial charge >= 0.3 is 6.18 Å². The Morgan fingerprint density at radius 3 is 2.39 bits per heavy atom. The summed E-state index contributed by atoms with van der Waals surface area (Å²) in [6.45, 7) is 5.76. The summed E-state index contributed by atoms with van der Waals surface area (Å²) in [6, 6.07) is 19.8. The number of rotatable bonds is 7. The lowest BCUT2D eigenvalue weighted by Gasteiger charge is -2.17. The molecule has 0 radical (unpaired) electrons. The van der Waals surface area contributed by atoms with E-state index in [0.717, 1.165) is 28.9 Å². The third-order valence-electron chi connectivity index (χ3n) is 5.59. The molecule has 4 aromatic rings. The van der Waals surface area contributed by atoms with E-state index >= 15 is 0 Å². The van der Waals surface area contributed by atoms with E-state index in [2.05, 4.69) is 21.6 Å². The van der Waals surface area contributed by atoms with Crippen LogP contribution in [-0.4, -0.2) is 20.7 Å². The number of carbonyl (C=O) groups is 1. The molecule has 3 aromatic carbocycles. The van der Waals surface area contributed by atoms with Crippen molar-refractivity contribution in [1.82, 2.24) is 20.1 Å². The lowest BCUT2D eigenvalue weighted by Crippen LogP contribution is -2.29. The van der Waals surface area contributed by atoms with Gasteiger partial charge in [-0.15, -0.1) is 10.2 Å². The topological polar surface area (TPSA) is 59.8 Å². The molecular weight excluding hydrogens is 485 g/mol. The van der Waals surface area contributed by atoms with Crippen molar-refractivity contribution in [3.05, 3.63) is 106 Å². The standard InChI is InChI=1S/C27H25F3N4OS/c1-17-10-12-23(13-11-17)34-24(32-33-26(34)36-16-20-7-4-6-18(2)14-20)19(3)31-25(35)21-8-5-9-22(15-21)27(28,29)30/h4-15,19H,16H2,1-3H3,(H,31,35). The predicted molar refractivity (Wildman–Crippen MR) is 134 cm³/mol. The van der Waals surface area contributed by atoms with Crippen LogP contribution in [0.3, 0.4) is 0 Å². The molecule has 0 aliphatic heterocycles. The lowest BCUT2D eigenvalue weighted by atomic mass is 10.1. The first-order valence-electron chi connectivity index (χ1n) is 11.3. The number of amides is 1. The first-order valence-corrected chi connectivity index (χ1v) is 12.3. The molecule has 1 amide bonds. The van der Waals surface area contributed by atoms with E-state index in [1.807, 2.05) is 60.9 Å². The van der Waals surface area contributed by atoms with E-state index in [9.17, 15) is 18.0 Å². The van der Waals surface area contributed by atoms with Crippen LogP contribution < -0.4 is 5.32 Å². The Morgan fingerprint density at radius 2 is 1.69 bits per heavy atom. The summed E-state index contributed by atoms with van der Waals surface area (Å²) in [5.41, 5.74) is 3.28. The van der Waals surface area contributed by atoms with E-state index in [-0.39, 0.29) is 5.56 Å². The number of nitrogens with one attached hydrogen (secondary N) is 1. The van der Waals surface area contributed by atoms with Crippen LogP contribution in [0.1, 0.15) is 51.4 Å². The maximum Gasteiger partial charge on any atom is 0.416 e. The molecule has 0 saturated carbocycles. The summed E-state index contributed by atoms with van der Waals surface area (Å²) >= 11 is 1.52. The first kappa shape index (κ1) is 25.5. The van der Waals surface area contributed by atoms with Gasteiger partial charge in [0, 0.05) is 17.0 Å². The molecule has 0 aliphatic rings. The van der Waals surface area contributed by atoms with Crippen molar-refractivity contribution in [1.29, 1.82) is 0 Å². The summed E-state index contributed by atoms with van der Waals surface area (Å²) in [5.74, 6) is 0.531. The van der Waals surface area contributed by atoms with Crippen molar-refractivity contribution in [3.63, 3.8) is 0 Å². The van der Waals surface area contributed by atoms with Crippen molar-refractivity contribution in [3.8, 4) is 5.69 Å². The number of benzene rings is 3. The van der Waals surface area contributed by atoms with Crippen molar-refractivity contribution < 1.29 is 18.0 Å². The van der Waals surface area contributed by atoms with Gasteiger partial charge in [0.05, 0.1) is 11.6 Å². The van der Waals surface area contributed by atoms with Crippen LogP contribution in [0.5, 0.6) is 0 Å². The molecule has 0 saturated heterocycles. The predicted octanol–water partition coefficient (Wildman–Crippen LogP) is 6.69. The fraction of sp³-hybridized carbons (Fsp3) is 0.222. The molecular formula is C27H25F3N4OS. The van der Waals surface area contributed by atoms with Gasteiger partial charge < -0.3 is 5.32 Å². The van der Waals surface area contributed by atoms with Gasteiger partial charge in [-0.05, 0) is 56.7 Å². The maximum absolute atomic E-state index is 13.1. The molecule has 4 rings (SSSR count). The zero-order valence-electron chi connectivity index (χ0n) is 20.0. The SMILES string of the molecule is Cc1ccc(-n2c(SCc3cccc(C)c3)nnc2C(C)NC(=O)c2cccc(C(F)(F)F)c2)cc1. The summed E-state index contributed by atoms with van der Waals surface area (Å²) in [7, 11) is 0. The quantitative estimate of drug-likeness (QED) is 0.282. The fourth-order valence-corrected chi connectivity index (χ4v) is 4.62. The average molecular weight is 511 g/mol. The zero-order valence-corrected chi connectivity index (χ0v) is 20.8.